The van der Waals surface area contributed by atoms with Crippen molar-refractivity contribution in [3.05, 3.63) is 0 Å². The van der Waals surface area contributed by atoms with E-state index in [2.05, 4.69) is 0 Å². The first-order valence-electron chi connectivity index (χ1n) is 4.08. The summed E-state index contributed by atoms with van der Waals surface area (Å²) in [7, 11) is 0. The van der Waals surface area contributed by atoms with Crippen molar-refractivity contribution in [2.24, 2.45) is 17.4 Å². The largest absolute Gasteiger partial charge is 0.549 e. The van der Waals surface area contributed by atoms with E-state index in [0.29, 0.717) is 0 Å². The van der Waals surface area contributed by atoms with Crippen LogP contribution in [0.25, 0.3) is 0 Å². The molecule has 6 nitrogen and oxygen atoms in total. The fraction of sp³-hybridized carbons (Fsp3) is 0.625. The summed E-state index contributed by atoms with van der Waals surface area (Å²) in [6, 6.07) is -2.05. The molecule has 6 heteroatoms. The molecule has 0 aromatic carbocycles. The van der Waals surface area contributed by atoms with Gasteiger partial charge in [-0.05, 0) is 13.8 Å². The molecule has 0 heterocycles. The third-order valence-electron chi connectivity index (χ3n) is 1.70. The average molecular weight is 201 g/mol. The maximum atomic E-state index is 11.2. The molecule has 0 aliphatic carbocycles. The third kappa shape index (κ3) is 2.90. The quantitative estimate of drug-likeness (QED) is 0.462. The molecule has 0 spiro atoms. The standard InChI is InChI=1S/C8H14N2O4/c1-3(9)6(11)5(8(13)14)7(12)4(2)10/h3-5H,9-10H2,1-2H3,(H,13,14)/p-1. The zero-order valence-corrected chi connectivity index (χ0v) is 8.02. The Morgan fingerprint density at radius 2 is 1.29 bits per heavy atom. The highest BCUT2D eigenvalue weighted by atomic mass is 16.4. The van der Waals surface area contributed by atoms with Gasteiger partial charge in [-0.15, -0.1) is 0 Å². The zero-order chi connectivity index (χ0) is 11.5. The summed E-state index contributed by atoms with van der Waals surface area (Å²) < 4.78 is 0. The fourth-order valence-electron chi connectivity index (χ4n) is 0.898. The number of ketones is 2. The normalized spacial score (nSPS) is 16.9. The van der Waals surface area contributed by atoms with Crippen LogP contribution in [-0.2, 0) is 14.4 Å². The van der Waals surface area contributed by atoms with Crippen LogP contribution in [0.1, 0.15) is 13.8 Å². The number of aliphatic carboxylic acids is 1. The first-order chi connectivity index (χ1) is 6.29. The van der Waals surface area contributed by atoms with E-state index in [9.17, 15) is 19.5 Å². The second kappa shape index (κ2) is 4.83. The second-order valence-electron chi connectivity index (χ2n) is 3.13. The summed E-state index contributed by atoms with van der Waals surface area (Å²) in [5, 5.41) is 10.5. The summed E-state index contributed by atoms with van der Waals surface area (Å²) in [5.41, 5.74) is 10.4. The van der Waals surface area contributed by atoms with Crippen LogP contribution >= 0.6 is 0 Å². The number of nitrogens with two attached hydrogens (primary N) is 2. The summed E-state index contributed by atoms with van der Waals surface area (Å²) in [6.07, 6.45) is 0. The van der Waals surface area contributed by atoms with Gasteiger partial charge in [-0.3, -0.25) is 9.59 Å². The van der Waals surface area contributed by atoms with Crippen molar-refractivity contribution in [1.29, 1.82) is 0 Å². The first-order valence-corrected chi connectivity index (χ1v) is 4.08. The fourth-order valence-corrected chi connectivity index (χ4v) is 0.898. The Hall–Kier alpha value is -1.27. The van der Waals surface area contributed by atoms with Crippen LogP contribution in [0.4, 0.5) is 0 Å². The number of hydrogen-bond acceptors (Lipinski definition) is 6. The van der Waals surface area contributed by atoms with E-state index in [-0.39, 0.29) is 0 Å². The summed E-state index contributed by atoms with van der Waals surface area (Å²) in [5.74, 6) is -5.37. The number of Topliss-reactive ketones (excluding diaryl/α,β-unsaturated/α-hetero) is 2. The lowest BCUT2D eigenvalue weighted by atomic mass is 9.92. The van der Waals surface area contributed by atoms with Crippen LogP contribution in [-0.4, -0.2) is 29.6 Å². The van der Waals surface area contributed by atoms with Gasteiger partial charge in [0.15, 0.2) is 11.6 Å². The number of carbonyl (C=O) groups excluding carboxylic acids is 3. The summed E-state index contributed by atoms with van der Waals surface area (Å²) in [6.45, 7) is 2.60. The predicted molar refractivity (Wildman–Crippen MR) is 45.8 cm³/mol. The molecule has 0 bridgehead atoms. The van der Waals surface area contributed by atoms with Crippen LogP contribution in [0.2, 0.25) is 0 Å². The number of carbonyl (C=O) groups is 3. The minimum absolute atomic E-state index is 0.882. The second-order valence-corrected chi connectivity index (χ2v) is 3.13. The zero-order valence-electron chi connectivity index (χ0n) is 8.02. The van der Waals surface area contributed by atoms with Crippen molar-refractivity contribution < 1.29 is 19.5 Å². The van der Waals surface area contributed by atoms with Crippen molar-refractivity contribution in [2.75, 3.05) is 0 Å². The van der Waals surface area contributed by atoms with Gasteiger partial charge in [0, 0.05) is 0 Å². The average Bonchev–Trinajstić information content (AvgIpc) is 2.03. The number of rotatable bonds is 5. The van der Waals surface area contributed by atoms with E-state index >= 15 is 0 Å². The highest BCUT2D eigenvalue weighted by Crippen LogP contribution is 2.04. The van der Waals surface area contributed by atoms with E-state index < -0.39 is 35.5 Å². The molecule has 0 amide bonds. The predicted octanol–water partition coefficient (Wildman–Crippen LogP) is -2.81. The molecule has 0 aromatic heterocycles. The Bertz CT molecular complexity index is 240. The van der Waals surface area contributed by atoms with Gasteiger partial charge < -0.3 is 21.4 Å². The molecule has 0 aromatic rings. The first kappa shape index (κ1) is 12.7. The van der Waals surface area contributed by atoms with E-state index in [1.54, 1.807) is 0 Å². The van der Waals surface area contributed by atoms with E-state index in [0.717, 1.165) is 0 Å². The molecule has 2 atom stereocenters. The van der Waals surface area contributed by atoms with Gasteiger partial charge in [0.1, 0.15) is 5.92 Å². The van der Waals surface area contributed by atoms with Crippen LogP contribution in [0.5, 0.6) is 0 Å². The Balaban J connectivity index is 4.88. The number of carboxylic acid groups (broad SMARTS) is 1. The van der Waals surface area contributed by atoms with Gasteiger partial charge in [0.2, 0.25) is 0 Å². The molecule has 2 unspecified atom stereocenters. The lowest BCUT2D eigenvalue weighted by Gasteiger charge is -2.19. The minimum Gasteiger partial charge on any atom is -0.549 e. The number of hydrogen-bond donors (Lipinski definition) is 2. The van der Waals surface area contributed by atoms with Crippen LogP contribution < -0.4 is 16.6 Å². The van der Waals surface area contributed by atoms with Crippen molar-refractivity contribution in [3.63, 3.8) is 0 Å². The molecule has 0 saturated heterocycles. The molecule has 0 rings (SSSR count). The Kier molecular flexibility index (Phi) is 4.39. The van der Waals surface area contributed by atoms with Gasteiger partial charge in [-0.25, -0.2) is 0 Å². The van der Waals surface area contributed by atoms with E-state index in [4.69, 9.17) is 11.5 Å². The van der Waals surface area contributed by atoms with Crippen molar-refractivity contribution in [2.45, 2.75) is 25.9 Å². The Morgan fingerprint density at radius 3 is 1.43 bits per heavy atom. The molecular weight excluding hydrogens is 188 g/mol. The number of carboxylic acids is 1. The maximum Gasteiger partial charge on any atom is 0.165 e. The molecule has 0 radical (unpaired) electrons. The van der Waals surface area contributed by atoms with Gasteiger partial charge in [-0.2, -0.15) is 0 Å². The van der Waals surface area contributed by atoms with Gasteiger partial charge in [-0.1, -0.05) is 0 Å². The lowest BCUT2D eigenvalue weighted by Crippen LogP contribution is -2.50. The molecule has 0 aliphatic rings. The van der Waals surface area contributed by atoms with Crippen LogP contribution in [0.15, 0.2) is 0 Å². The molecule has 80 valence electrons. The molecule has 14 heavy (non-hydrogen) atoms. The molecular formula is C8H13N2O4-. The van der Waals surface area contributed by atoms with Crippen molar-refractivity contribution >= 4 is 17.5 Å². The van der Waals surface area contributed by atoms with E-state index in [1.165, 1.54) is 13.8 Å². The highest BCUT2D eigenvalue weighted by molar-refractivity contribution is 6.18. The van der Waals surface area contributed by atoms with Gasteiger partial charge >= 0.3 is 0 Å². The third-order valence-corrected chi connectivity index (χ3v) is 1.70. The highest BCUT2D eigenvalue weighted by Gasteiger charge is 2.31. The van der Waals surface area contributed by atoms with Crippen molar-refractivity contribution in [3.8, 4) is 0 Å². The Morgan fingerprint density at radius 1 is 1.00 bits per heavy atom. The molecule has 0 aliphatic heterocycles. The molecule has 4 N–H and O–H groups in total. The topological polar surface area (TPSA) is 126 Å². The summed E-state index contributed by atoms with van der Waals surface area (Å²) >= 11 is 0. The van der Waals surface area contributed by atoms with Crippen molar-refractivity contribution in [1.82, 2.24) is 0 Å². The minimum atomic E-state index is -1.85. The van der Waals surface area contributed by atoms with Gasteiger partial charge in [0.25, 0.3) is 0 Å². The smallest absolute Gasteiger partial charge is 0.165 e. The molecule has 0 fully saturated rings. The van der Waals surface area contributed by atoms with E-state index in [1.807, 2.05) is 0 Å². The lowest BCUT2D eigenvalue weighted by molar-refractivity contribution is -0.308. The van der Waals surface area contributed by atoms with Crippen LogP contribution in [0, 0.1) is 5.92 Å². The molecule has 0 saturated carbocycles. The van der Waals surface area contributed by atoms with Crippen LogP contribution in [0.3, 0.4) is 0 Å². The maximum absolute atomic E-state index is 11.2. The Labute approximate surface area is 81.3 Å². The van der Waals surface area contributed by atoms with Gasteiger partial charge in [0.05, 0.1) is 18.1 Å². The SMILES string of the molecule is CC(N)C(=O)C(C(=O)[O-])C(=O)C(C)N. The summed E-state index contributed by atoms with van der Waals surface area (Å²) in [4.78, 5) is 32.9. The monoisotopic (exact) mass is 201 g/mol.